The van der Waals surface area contributed by atoms with Crippen molar-refractivity contribution in [2.75, 3.05) is 0 Å². The zero-order valence-corrected chi connectivity index (χ0v) is 12.1. The Morgan fingerprint density at radius 1 is 1.44 bits per heavy atom. The molecule has 88 valence electrons. The molecule has 0 spiro atoms. The summed E-state index contributed by atoms with van der Waals surface area (Å²) in [4.78, 5) is 11.4. The third-order valence-corrected chi connectivity index (χ3v) is 3.68. The van der Waals surface area contributed by atoms with Gasteiger partial charge in [-0.15, -0.1) is 0 Å². The molecule has 16 heavy (non-hydrogen) atoms. The molecule has 0 amide bonds. The molecule has 4 heteroatoms. The van der Waals surface area contributed by atoms with Crippen molar-refractivity contribution in [1.29, 1.82) is 0 Å². The van der Waals surface area contributed by atoms with Crippen molar-refractivity contribution >= 4 is 44.9 Å². The molecule has 0 fully saturated rings. The lowest BCUT2D eigenvalue weighted by Gasteiger charge is -2.09. The van der Waals surface area contributed by atoms with Crippen LogP contribution in [0.15, 0.2) is 18.2 Å². The van der Waals surface area contributed by atoms with Crippen molar-refractivity contribution < 1.29 is 4.79 Å². The highest BCUT2D eigenvalue weighted by molar-refractivity contribution is 9.10. The number of carbonyl (C=O) groups excluding carboxylic acids is 1. The van der Waals surface area contributed by atoms with Gasteiger partial charge in [0.2, 0.25) is 0 Å². The second-order valence-electron chi connectivity index (χ2n) is 3.62. The highest BCUT2D eigenvalue weighted by Gasteiger charge is 2.15. The van der Waals surface area contributed by atoms with Crippen LogP contribution in [0, 0.1) is 0 Å². The van der Waals surface area contributed by atoms with Gasteiger partial charge in [-0.25, -0.2) is 0 Å². The molecular formula is C12H13BrCl2O. The van der Waals surface area contributed by atoms with Crippen molar-refractivity contribution in [3.05, 3.63) is 33.8 Å². The third kappa shape index (κ3) is 4.08. The molecule has 1 nitrogen and oxygen atoms in total. The Labute approximate surface area is 114 Å². The van der Waals surface area contributed by atoms with E-state index in [1.54, 1.807) is 12.1 Å². The van der Waals surface area contributed by atoms with Crippen LogP contribution in [-0.2, 0) is 11.2 Å². The van der Waals surface area contributed by atoms with E-state index in [1.807, 2.05) is 13.0 Å². The second kappa shape index (κ2) is 6.63. The Kier molecular flexibility index (Phi) is 5.81. The zero-order chi connectivity index (χ0) is 12.1. The van der Waals surface area contributed by atoms with E-state index in [1.165, 1.54) is 0 Å². The van der Waals surface area contributed by atoms with Gasteiger partial charge in [-0.2, -0.15) is 0 Å². The summed E-state index contributed by atoms with van der Waals surface area (Å²) in [7, 11) is 0. The normalized spacial score (nSPS) is 12.5. The fourth-order valence-corrected chi connectivity index (χ4v) is 2.46. The average Bonchev–Trinajstić information content (AvgIpc) is 2.22. The molecule has 0 N–H and O–H groups in total. The largest absolute Gasteiger partial charge is 0.298 e. The first kappa shape index (κ1) is 14.0. The molecule has 0 radical (unpaired) electrons. The van der Waals surface area contributed by atoms with E-state index in [9.17, 15) is 4.79 Å². The fraction of sp³-hybridized carbons (Fsp3) is 0.417. The molecule has 1 aromatic carbocycles. The molecule has 0 saturated carbocycles. The molecule has 0 saturated heterocycles. The average molecular weight is 324 g/mol. The Morgan fingerprint density at radius 2 is 2.12 bits per heavy atom. The molecule has 0 heterocycles. The monoisotopic (exact) mass is 322 g/mol. The van der Waals surface area contributed by atoms with Crippen molar-refractivity contribution in [2.24, 2.45) is 0 Å². The van der Waals surface area contributed by atoms with E-state index < -0.39 is 0 Å². The van der Waals surface area contributed by atoms with Crippen LogP contribution >= 0.6 is 39.1 Å². The molecule has 0 aliphatic heterocycles. The van der Waals surface area contributed by atoms with Crippen molar-refractivity contribution in [1.82, 2.24) is 0 Å². The summed E-state index contributed by atoms with van der Waals surface area (Å²) in [6.07, 6.45) is 2.07. The SMILES string of the molecule is CCCC(=O)C(Br)Cc1ccc(Cl)cc1Cl. The van der Waals surface area contributed by atoms with Gasteiger partial charge in [0.05, 0.1) is 4.83 Å². The maximum Gasteiger partial charge on any atom is 0.146 e. The van der Waals surface area contributed by atoms with Gasteiger partial charge in [0, 0.05) is 16.5 Å². The molecule has 1 rings (SSSR count). The Bertz CT molecular complexity index is 379. The molecule has 0 aliphatic carbocycles. The van der Waals surface area contributed by atoms with Gasteiger partial charge >= 0.3 is 0 Å². The fourth-order valence-electron chi connectivity index (χ4n) is 1.40. The second-order valence-corrected chi connectivity index (χ2v) is 5.57. The van der Waals surface area contributed by atoms with E-state index in [0.717, 1.165) is 12.0 Å². The van der Waals surface area contributed by atoms with Crippen LogP contribution < -0.4 is 0 Å². The van der Waals surface area contributed by atoms with Gasteiger partial charge in [-0.05, 0) is 30.5 Å². The zero-order valence-electron chi connectivity index (χ0n) is 8.97. The summed E-state index contributed by atoms with van der Waals surface area (Å²) in [5.74, 6) is 0.216. The highest BCUT2D eigenvalue weighted by atomic mass is 79.9. The maximum absolute atomic E-state index is 11.6. The van der Waals surface area contributed by atoms with Gasteiger partial charge in [-0.1, -0.05) is 52.1 Å². The number of alkyl halides is 1. The number of halogens is 3. The summed E-state index contributed by atoms with van der Waals surface area (Å²) in [6, 6.07) is 5.34. The predicted octanol–water partition coefficient (Wildman–Crippen LogP) is 4.67. The quantitative estimate of drug-likeness (QED) is 0.720. The van der Waals surface area contributed by atoms with E-state index in [2.05, 4.69) is 15.9 Å². The van der Waals surface area contributed by atoms with Crippen LogP contribution in [0.2, 0.25) is 10.0 Å². The van der Waals surface area contributed by atoms with Crippen molar-refractivity contribution in [3.63, 3.8) is 0 Å². The summed E-state index contributed by atoms with van der Waals surface area (Å²) < 4.78 is 0. The van der Waals surface area contributed by atoms with Crippen LogP contribution in [0.5, 0.6) is 0 Å². The van der Waals surface area contributed by atoms with Crippen LogP contribution in [0.4, 0.5) is 0 Å². The number of rotatable bonds is 5. The Balaban J connectivity index is 2.69. The number of Topliss-reactive ketones (excluding diaryl/α,β-unsaturated/α-hetero) is 1. The van der Waals surface area contributed by atoms with Gasteiger partial charge in [0.15, 0.2) is 0 Å². The maximum atomic E-state index is 11.6. The highest BCUT2D eigenvalue weighted by Crippen LogP contribution is 2.24. The van der Waals surface area contributed by atoms with Crippen LogP contribution in [-0.4, -0.2) is 10.6 Å². The van der Waals surface area contributed by atoms with E-state index >= 15 is 0 Å². The lowest BCUT2D eigenvalue weighted by atomic mass is 10.1. The van der Waals surface area contributed by atoms with Gasteiger partial charge < -0.3 is 0 Å². The predicted molar refractivity (Wildman–Crippen MR) is 72.8 cm³/mol. The third-order valence-electron chi connectivity index (χ3n) is 2.26. The number of carbonyl (C=O) groups is 1. The number of ketones is 1. The van der Waals surface area contributed by atoms with Crippen molar-refractivity contribution in [2.45, 2.75) is 31.0 Å². The number of benzene rings is 1. The summed E-state index contributed by atoms with van der Waals surface area (Å²) in [5.41, 5.74) is 0.942. The lowest BCUT2D eigenvalue weighted by molar-refractivity contribution is -0.118. The molecule has 1 atom stereocenters. The van der Waals surface area contributed by atoms with Gasteiger partial charge in [0.1, 0.15) is 5.78 Å². The minimum Gasteiger partial charge on any atom is -0.298 e. The van der Waals surface area contributed by atoms with E-state index in [0.29, 0.717) is 22.9 Å². The first-order valence-electron chi connectivity index (χ1n) is 5.15. The van der Waals surface area contributed by atoms with Crippen molar-refractivity contribution in [3.8, 4) is 0 Å². The first-order chi connectivity index (χ1) is 7.54. The molecule has 0 aliphatic rings. The van der Waals surface area contributed by atoms with E-state index in [-0.39, 0.29) is 10.6 Å². The first-order valence-corrected chi connectivity index (χ1v) is 6.82. The molecular weight excluding hydrogens is 311 g/mol. The summed E-state index contributed by atoms with van der Waals surface area (Å²) in [6.45, 7) is 1.99. The summed E-state index contributed by atoms with van der Waals surface area (Å²) >= 11 is 15.2. The topological polar surface area (TPSA) is 17.1 Å². The smallest absolute Gasteiger partial charge is 0.146 e. The minimum atomic E-state index is -0.161. The number of hydrogen-bond acceptors (Lipinski definition) is 1. The molecule has 0 bridgehead atoms. The molecule has 1 aromatic rings. The number of hydrogen-bond donors (Lipinski definition) is 0. The molecule has 1 unspecified atom stereocenters. The van der Waals surface area contributed by atoms with Gasteiger partial charge in [-0.3, -0.25) is 4.79 Å². The Morgan fingerprint density at radius 3 is 2.69 bits per heavy atom. The van der Waals surface area contributed by atoms with Crippen LogP contribution in [0.3, 0.4) is 0 Å². The van der Waals surface area contributed by atoms with E-state index in [4.69, 9.17) is 23.2 Å². The summed E-state index contributed by atoms with van der Waals surface area (Å²) in [5, 5.41) is 1.22. The van der Waals surface area contributed by atoms with Crippen LogP contribution in [0.25, 0.3) is 0 Å². The Hall–Kier alpha value is -0.0500. The minimum absolute atomic E-state index is 0.161. The molecule has 0 aromatic heterocycles. The standard InChI is InChI=1S/C12H13BrCl2O/c1-2-3-12(16)10(13)6-8-4-5-9(14)7-11(8)15/h4-5,7,10H,2-3,6H2,1H3. The van der Waals surface area contributed by atoms with Gasteiger partial charge in [0.25, 0.3) is 0 Å². The lowest BCUT2D eigenvalue weighted by Crippen LogP contribution is -2.16. The van der Waals surface area contributed by atoms with Crippen LogP contribution in [0.1, 0.15) is 25.3 Å².